The zero-order valence-electron chi connectivity index (χ0n) is 3.98. The van der Waals surface area contributed by atoms with Gasteiger partial charge in [-0.3, -0.25) is 4.79 Å². The van der Waals surface area contributed by atoms with Crippen molar-refractivity contribution >= 4 is 28.4 Å². The van der Waals surface area contributed by atoms with Crippen molar-refractivity contribution in [1.82, 2.24) is 0 Å². The van der Waals surface area contributed by atoms with E-state index in [1.165, 1.54) is 0 Å². The largest absolute Gasteiger partial charge is 0.300 e. The summed E-state index contributed by atoms with van der Waals surface area (Å²) in [6, 6.07) is 0. The summed E-state index contributed by atoms with van der Waals surface area (Å²) in [6.45, 7) is 0. The van der Waals surface area contributed by atoms with E-state index in [4.69, 9.17) is 0 Å². The molecule has 1 saturated carbocycles. The minimum atomic E-state index is 0.444. The molecule has 0 spiro atoms. The van der Waals surface area contributed by atoms with Crippen LogP contribution in [0.3, 0.4) is 0 Å². The number of rotatable bonds is 0. The van der Waals surface area contributed by atoms with Gasteiger partial charge in [0.25, 0.3) is 0 Å². The Bertz CT molecular complexity index is 90.1. The number of halogens is 1. The number of ketones is 1. The van der Waals surface area contributed by atoms with Gasteiger partial charge in [-0.2, -0.15) is 0 Å². The van der Waals surface area contributed by atoms with Gasteiger partial charge in [-0.25, -0.2) is 0 Å². The van der Waals surface area contributed by atoms with Crippen LogP contribution in [0.2, 0.25) is 0 Å². The topological polar surface area (TPSA) is 17.1 Å². The first-order chi connectivity index (χ1) is 3.29. The van der Waals surface area contributed by atoms with Gasteiger partial charge < -0.3 is 0 Å². The zero-order chi connectivity index (χ0) is 5.28. The van der Waals surface area contributed by atoms with Crippen LogP contribution >= 0.6 is 22.6 Å². The fourth-order valence-electron chi connectivity index (χ4n) is 0.769. The standard InChI is InChI=1S/C5H7IO/c6-4-1-2-5(7)3-4/h4H,1-3H2. The van der Waals surface area contributed by atoms with Crippen LogP contribution in [0.5, 0.6) is 0 Å². The Balaban J connectivity index is 2.40. The molecule has 1 rings (SSSR count). The average molecular weight is 210 g/mol. The number of alkyl halides is 1. The van der Waals surface area contributed by atoms with E-state index < -0.39 is 0 Å². The van der Waals surface area contributed by atoms with E-state index in [1.807, 2.05) is 0 Å². The summed E-state index contributed by atoms with van der Waals surface area (Å²) < 4.78 is 0.644. The molecule has 1 aliphatic carbocycles. The highest BCUT2D eigenvalue weighted by atomic mass is 127. The predicted molar refractivity (Wildman–Crippen MR) is 36.7 cm³/mol. The maximum absolute atomic E-state index is 10.4. The van der Waals surface area contributed by atoms with Crippen molar-refractivity contribution in [2.75, 3.05) is 0 Å². The molecule has 0 heterocycles. The molecule has 0 aliphatic heterocycles. The third-order valence-corrected chi connectivity index (χ3v) is 2.25. The third kappa shape index (κ3) is 1.40. The maximum Gasteiger partial charge on any atom is 0.133 e. The molecule has 1 atom stereocenters. The quantitative estimate of drug-likeness (QED) is 0.437. The summed E-state index contributed by atoms with van der Waals surface area (Å²) in [5.41, 5.74) is 0. The minimum Gasteiger partial charge on any atom is -0.300 e. The van der Waals surface area contributed by atoms with E-state index >= 15 is 0 Å². The highest BCUT2D eigenvalue weighted by Gasteiger charge is 2.18. The normalized spacial score (nSPS) is 31.6. The van der Waals surface area contributed by atoms with Crippen molar-refractivity contribution in [3.63, 3.8) is 0 Å². The molecule has 0 bridgehead atoms. The van der Waals surface area contributed by atoms with Gasteiger partial charge in [-0.05, 0) is 6.42 Å². The lowest BCUT2D eigenvalue weighted by Crippen LogP contribution is -1.88. The van der Waals surface area contributed by atoms with E-state index in [0.717, 1.165) is 19.3 Å². The second-order valence-electron chi connectivity index (χ2n) is 1.88. The van der Waals surface area contributed by atoms with E-state index in [0.29, 0.717) is 9.71 Å². The Morgan fingerprint density at radius 3 is 2.57 bits per heavy atom. The first kappa shape index (κ1) is 5.54. The lowest BCUT2D eigenvalue weighted by atomic mass is 10.4. The van der Waals surface area contributed by atoms with Gasteiger partial charge in [0.1, 0.15) is 5.78 Å². The Kier molecular flexibility index (Phi) is 1.67. The second-order valence-corrected chi connectivity index (χ2v) is 3.64. The highest BCUT2D eigenvalue weighted by Crippen LogP contribution is 2.21. The fraction of sp³-hybridized carbons (Fsp3) is 0.800. The fourth-order valence-corrected chi connectivity index (χ4v) is 1.57. The molecule has 0 radical (unpaired) electrons. The van der Waals surface area contributed by atoms with E-state index in [9.17, 15) is 4.79 Å². The molecule has 0 N–H and O–H groups in total. The molecule has 1 unspecified atom stereocenters. The van der Waals surface area contributed by atoms with Crippen molar-refractivity contribution < 1.29 is 4.79 Å². The van der Waals surface area contributed by atoms with E-state index in [2.05, 4.69) is 22.6 Å². The molecular weight excluding hydrogens is 203 g/mol. The van der Waals surface area contributed by atoms with Crippen LogP contribution in [0.25, 0.3) is 0 Å². The van der Waals surface area contributed by atoms with Gasteiger partial charge in [-0.1, -0.05) is 22.6 Å². The average Bonchev–Trinajstić information content (AvgIpc) is 1.87. The van der Waals surface area contributed by atoms with Gasteiger partial charge in [-0.15, -0.1) is 0 Å². The van der Waals surface area contributed by atoms with Gasteiger partial charge in [0, 0.05) is 16.8 Å². The Morgan fingerprint density at radius 1 is 1.71 bits per heavy atom. The first-order valence-electron chi connectivity index (χ1n) is 2.45. The van der Waals surface area contributed by atoms with Gasteiger partial charge in [0.05, 0.1) is 0 Å². The number of hydrogen-bond donors (Lipinski definition) is 0. The summed E-state index contributed by atoms with van der Waals surface area (Å²) in [5, 5.41) is 0. The SMILES string of the molecule is O=C1CCC(I)C1. The zero-order valence-corrected chi connectivity index (χ0v) is 6.14. The molecule has 40 valence electrons. The van der Waals surface area contributed by atoms with E-state index in [1.54, 1.807) is 0 Å². The monoisotopic (exact) mass is 210 g/mol. The summed E-state index contributed by atoms with van der Waals surface area (Å²) in [6.07, 6.45) is 2.76. The highest BCUT2D eigenvalue weighted by molar-refractivity contribution is 14.1. The lowest BCUT2D eigenvalue weighted by Gasteiger charge is -1.87. The molecule has 0 aromatic carbocycles. The van der Waals surface area contributed by atoms with Crippen molar-refractivity contribution in [1.29, 1.82) is 0 Å². The summed E-state index contributed by atoms with van der Waals surface area (Å²) in [7, 11) is 0. The summed E-state index contributed by atoms with van der Waals surface area (Å²) in [5.74, 6) is 0.444. The van der Waals surface area contributed by atoms with Crippen molar-refractivity contribution in [3.05, 3.63) is 0 Å². The van der Waals surface area contributed by atoms with Crippen molar-refractivity contribution in [3.8, 4) is 0 Å². The van der Waals surface area contributed by atoms with E-state index in [-0.39, 0.29) is 0 Å². The first-order valence-corrected chi connectivity index (χ1v) is 3.69. The van der Waals surface area contributed by atoms with Crippen LogP contribution < -0.4 is 0 Å². The number of hydrogen-bond acceptors (Lipinski definition) is 1. The molecule has 1 fully saturated rings. The number of carbonyl (C=O) groups excluding carboxylic acids is 1. The van der Waals surface area contributed by atoms with Crippen LogP contribution in [0.4, 0.5) is 0 Å². The maximum atomic E-state index is 10.4. The molecule has 0 aromatic heterocycles. The second kappa shape index (κ2) is 2.11. The number of carbonyl (C=O) groups is 1. The van der Waals surface area contributed by atoms with Crippen molar-refractivity contribution in [2.45, 2.75) is 23.2 Å². The van der Waals surface area contributed by atoms with Gasteiger partial charge in [0.2, 0.25) is 0 Å². The van der Waals surface area contributed by atoms with Crippen molar-refractivity contribution in [2.24, 2.45) is 0 Å². The molecule has 0 aromatic rings. The van der Waals surface area contributed by atoms with Gasteiger partial charge >= 0.3 is 0 Å². The van der Waals surface area contributed by atoms with Crippen LogP contribution in [-0.2, 0) is 4.79 Å². The van der Waals surface area contributed by atoms with Crippen LogP contribution in [0.1, 0.15) is 19.3 Å². The molecule has 0 saturated heterocycles. The van der Waals surface area contributed by atoms with Crippen LogP contribution in [0, 0.1) is 0 Å². The molecule has 1 aliphatic rings. The summed E-state index contributed by atoms with van der Waals surface area (Å²) in [4.78, 5) is 10.4. The van der Waals surface area contributed by atoms with Crippen LogP contribution in [-0.4, -0.2) is 9.71 Å². The molecule has 2 heteroatoms. The molecule has 7 heavy (non-hydrogen) atoms. The van der Waals surface area contributed by atoms with Crippen LogP contribution in [0.15, 0.2) is 0 Å². The van der Waals surface area contributed by atoms with Gasteiger partial charge in [0.15, 0.2) is 0 Å². The number of Topliss-reactive ketones (excluding diaryl/α,β-unsaturated/α-hetero) is 1. The Hall–Kier alpha value is 0.400. The molecular formula is C5H7IO. The lowest BCUT2D eigenvalue weighted by molar-refractivity contribution is -0.117. The molecule has 1 nitrogen and oxygen atoms in total. The molecule has 0 amide bonds. The summed E-state index contributed by atoms with van der Waals surface area (Å²) >= 11 is 2.33. The smallest absolute Gasteiger partial charge is 0.133 e. The minimum absolute atomic E-state index is 0.444. The Labute approximate surface area is 56.6 Å². The predicted octanol–water partition coefficient (Wildman–Crippen LogP) is 1.54. The Morgan fingerprint density at radius 2 is 2.43 bits per heavy atom. The third-order valence-electron chi connectivity index (χ3n) is 1.19.